The van der Waals surface area contributed by atoms with Gasteiger partial charge in [-0.2, -0.15) is 0 Å². The number of carbonyl (C=O) groups is 1. The van der Waals surface area contributed by atoms with Crippen molar-refractivity contribution in [1.29, 1.82) is 0 Å². The Morgan fingerprint density at radius 2 is 2.06 bits per heavy atom. The van der Waals surface area contributed by atoms with Crippen molar-refractivity contribution in [3.63, 3.8) is 0 Å². The van der Waals surface area contributed by atoms with E-state index in [0.717, 1.165) is 29.9 Å². The van der Waals surface area contributed by atoms with Gasteiger partial charge in [-0.25, -0.2) is 0 Å². The van der Waals surface area contributed by atoms with Crippen LogP contribution in [0.15, 0.2) is 18.2 Å². The van der Waals surface area contributed by atoms with Gasteiger partial charge >= 0.3 is 5.97 Å². The van der Waals surface area contributed by atoms with Crippen molar-refractivity contribution in [2.24, 2.45) is 0 Å². The van der Waals surface area contributed by atoms with Gasteiger partial charge < -0.3 is 14.7 Å². The number of morpholine rings is 1. The summed E-state index contributed by atoms with van der Waals surface area (Å²) in [6, 6.07) is 6.03. The van der Waals surface area contributed by atoms with Crippen molar-refractivity contribution < 1.29 is 14.6 Å². The first-order valence-electron chi connectivity index (χ1n) is 6.25. The van der Waals surface area contributed by atoms with Crippen LogP contribution in [0.25, 0.3) is 0 Å². The second-order valence-corrected chi connectivity index (χ2v) is 4.72. The van der Waals surface area contributed by atoms with E-state index in [2.05, 4.69) is 4.90 Å². The Kier molecular flexibility index (Phi) is 3.87. The first-order chi connectivity index (χ1) is 8.59. The Balaban J connectivity index is 2.36. The number of carboxylic acids is 1. The van der Waals surface area contributed by atoms with Crippen LogP contribution in [0.5, 0.6) is 0 Å². The van der Waals surface area contributed by atoms with Crippen LogP contribution in [-0.2, 0) is 9.53 Å². The normalized spacial score (nSPS) is 17.6. The van der Waals surface area contributed by atoms with Crippen LogP contribution in [0, 0.1) is 6.92 Å². The van der Waals surface area contributed by atoms with E-state index in [9.17, 15) is 9.90 Å². The maximum absolute atomic E-state index is 11.2. The first kappa shape index (κ1) is 12.9. The van der Waals surface area contributed by atoms with E-state index in [1.165, 1.54) is 0 Å². The number of anilines is 1. The fourth-order valence-electron chi connectivity index (χ4n) is 2.25. The summed E-state index contributed by atoms with van der Waals surface area (Å²) in [5, 5.41) is 9.21. The highest BCUT2D eigenvalue weighted by atomic mass is 16.5. The van der Waals surface area contributed by atoms with Crippen molar-refractivity contribution in [2.45, 2.75) is 19.8 Å². The number of benzene rings is 1. The maximum atomic E-state index is 11.2. The van der Waals surface area contributed by atoms with E-state index < -0.39 is 11.9 Å². The molecule has 1 saturated heterocycles. The fraction of sp³-hybridized carbons (Fsp3) is 0.500. The molecule has 1 aliphatic heterocycles. The molecule has 1 aromatic carbocycles. The van der Waals surface area contributed by atoms with Crippen molar-refractivity contribution in [1.82, 2.24) is 0 Å². The van der Waals surface area contributed by atoms with Gasteiger partial charge in [0.05, 0.1) is 19.1 Å². The van der Waals surface area contributed by atoms with Crippen LogP contribution in [0.3, 0.4) is 0 Å². The van der Waals surface area contributed by atoms with Crippen LogP contribution in [0.2, 0.25) is 0 Å². The predicted molar refractivity (Wildman–Crippen MR) is 70.3 cm³/mol. The summed E-state index contributed by atoms with van der Waals surface area (Å²) in [5.41, 5.74) is 3.01. The summed E-state index contributed by atoms with van der Waals surface area (Å²) in [6.45, 7) is 6.77. The first-order valence-corrected chi connectivity index (χ1v) is 6.25. The summed E-state index contributed by atoms with van der Waals surface area (Å²) in [4.78, 5) is 13.4. The minimum atomic E-state index is -0.782. The lowest BCUT2D eigenvalue weighted by molar-refractivity contribution is -0.138. The van der Waals surface area contributed by atoms with Crippen LogP contribution in [0.4, 0.5) is 5.69 Å². The zero-order chi connectivity index (χ0) is 13.1. The van der Waals surface area contributed by atoms with Crippen LogP contribution < -0.4 is 4.90 Å². The number of aliphatic carboxylic acids is 1. The van der Waals surface area contributed by atoms with Crippen LogP contribution in [0.1, 0.15) is 24.0 Å². The van der Waals surface area contributed by atoms with Gasteiger partial charge in [0, 0.05) is 18.8 Å². The van der Waals surface area contributed by atoms with E-state index >= 15 is 0 Å². The second-order valence-electron chi connectivity index (χ2n) is 4.72. The van der Waals surface area contributed by atoms with Gasteiger partial charge in [-0.05, 0) is 25.5 Å². The SMILES string of the molecule is Cc1ccc(N2CCOCC2)c(C(C)C(=O)O)c1. The molecule has 0 bridgehead atoms. The molecule has 1 heterocycles. The van der Waals surface area contributed by atoms with Gasteiger partial charge in [0.15, 0.2) is 0 Å². The summed E-state index contributed by atoms with van der Waals surface area (Å²) >= 11 is 0. The minimum absolute atomic E-state index is 0.484. The molecule has 18 heavy (non-hydrogen) atoms. The molecule has 0 saturated carbocycles. The average Bonchev–Trinajstić information content (AvgIpc) is 2.38. The van der Waals surface area contributed by atoms with Gasteiger partial charge in [-0.15, -0.1) is 0 Å². The Morgan fingerprint density at radius 3 is 2.67 bits per heavy atom. The molecular weight excluding hydrogens is 230 g/mol. The maximum Gasteiger partial charge on any atom is 0.310 e. The molecule has 1 atom stereocenters. The molecule has 1 aromatic rings. The Hall–Kier alpha value is -1.55. The highest BCUT2D eigenvalue weighted by Crippen LogP contribution is 2.29. The van der Waals surface area contributed by atoms with Gasteiger partial charge in [0.2, 0.25) is 0 Å². The Labute approximate surface area is 107 Å². The molecule has 0 aliphatic carbocycles. The molecule has 0 radical (unpaired) electrons. The number of carboxylic acid groups (broad SMARTS) is 1. The Bertz CT molecular complexity index is 439. The third kappa shape index (κ3) is 2.64. The Morgan fingerprint density at radius 1 is 1.39 bits per heavy atom. The lowest BCUT2D eigenvalue weighted by Gasteiger charge is -2.31. The van der Waals surface area contributed by atoms with Crippen molar-refractivity contribution >= 4 is 11.7 Å². The minimum Gasteiger partial charge on any atom is -0.481 e. The third-order valence-electron chi connectivity index (χ3n) is 3.37. The molecule has 4 nitrogen and oxygen atoms in total. The molecule has 0 aromatic heterocycles. The zero-order valence-corrected chi connectivity index (χ0v) is 10.8. The molecule has 1 fully saturated rings. The van der Waals surface area contributed by atoms with E-state index in [1.54, 1.807) is 6.92 Å². The number of hydrogen-bond acceptors (Lipinski definition) is 3. The van der Waals surface area contributed by atoms with E-state index in [0.29, 0.717) is 13.2 Å². The molecule has 1 aliphatic rings. The fourth-order valence-corrected chi connectivity index (χ4v) is 2.25. The van der Waals surface area contributed by atoms with Crippen molar-refractivity contribution in [2.75, 3.05) is 31.2 Å². The topological polar surface area (TPSA) is 49.8 Å². The van der Waals surface area contributed by atoms with Gasteiger partial charge in [-0.1, -0.05) is 17.7 Å². The summed E-state index contributed by atoms with van der Waals surface area (Å²) in [5.74, 6) is -1.27. The van der Waals surface area contributed by atoms with Crippen molar-refractivity contribution in [3.05, 3.63) is 29.3 Å². The standard InChI is InChI=1S/C14H19NO3/c1-10-3-4-13(15-5-7-18-8-6-15)12(9-10)11(2)14(16)17/h3-4,9,11H,5-8H2,1-2H3,(H,16,17). The van der Waals surface area contributed by atoms with Crippen LogP contribution in [-0.4, -0.2) is 37.4 Å². The second kappa shape index (κ2) is 5.40. The molecule has 98 valence electrons. The van der Waals surface area contributed by atoms with E-state index in [4.69, 9.17) is 4.74 Å². The average molecular weight is 249 g/mol. The highest BCUT2D eigenvalue weighted by Gasteiger charge is 2.21. The van der Waals surface area contributed by atoms with E-state index in [1.807, 2.05) is 25.1 Å². The highest BCUT2D eigenvalue weighted by molar-refractivity contribution is 5.79. The molecule has 1 N–H and O–H groups in total. The summed E-state index contributed by atoms with van der Waals surface area (Å²) in [7, 11) is 0. The number of ether oxygens (including phenoxy) is 1. The summed E-state index contributed by atoms with van der Waals surface area (Å²) in [6.07, 6.45) is 0. The number of rotatable bonds is 3. The largest absolute Gasteiger partial charge is 0.481 e. The zero-order valence-electron chi connectivity index (χ0n) is 10.8. The molecule has 0 amide bonds. The lowest BCUT2D eigenvalue weighted by Crippen LogP contribution is -2.37. The van der Waals surface area contributed by atoms with E-state index in [-0.39, 0.29) is 0 Å². The lowest BCUT2D eigenvalue weighted by atomic mass is 9.96. The quantitative estimate of drug-likeness (QED) is 0.890. The molecule has 2 rings (SSSR count). The monoisotopic (exact) mass is 249 g/mol. The summed E-state index contributed by atoms with van der Waals surface area (Å²) < 4.78 is 5.33. The van der Waals surface area contributed by atoms with Gasteiger partial charge in [0.1, 0.15) is 0 Å². The molecular formula is C14H19NO3. The van der Waals surface area contributed by atoms with Gasteiger partial charge in [0.25, 0.3) is 0 Å². The van der Waals surface area contributed by atoms with Crippen LogP contribution >= 0.6 is 0 Å². The molecule has 0 spiro atoms. The smallest absolute Gasteiger partial charge is 0.310 e. The van der Waals surface area contributed by atoms with Crippen molar-refractivity contribution in [3.8, 4) is 0 Å². The number of hydrogen-bond donors (Lipinski definition) is 1. The predicted octanol–water partition coefficient (Wildman–Crippen LogP) is 2.02. The number of aryl methyl sites for hydroxylation is 1. The third-order valence-corrected chi connectivity index (χ3v) is 3.37. The molecule has 1 unspecified atom stereocenters. The molecule has 4 heteroatoms. The van der Waals surface area contributed by atoms with Gasteiger partial charge in [-0.3, -0.25) is 4.79 Å². The number of nitrogens with zero attached hydrogens (tertiary/aromatic N) is 1.